The van der Waals surface area contributed by atoms with E-state index in [0.717, 1.165) is 26.1 Å². The molecule has 0 atom stereocenters. The summed E-state index contributed by atoms with van der Waals surface area (Å²) in [7, 11) is 1.98. The van der Waals surface area contributed by atoms with Gasteiger partial charge in [0.2, 0.25) is 0 Å². The van der Waals surface area contributed by atoms with Crippen LogP contribution in [0.25, 0.3) is 0 Å². The average molecular weight is 246 g/mol. The van der Waals surface area contributed by atoms with Gasteiger partial charge in [-0.3, -0.25) is 4.68 Å². The van der Waals surface area contributed by atoms with Crippen LogP contribution in [-0.4, -0.2) is 21.4 Å². The van der Waals surface area contributed by atoms with E-state index in [1.54, 1.807) is 0 Å². The molecule has 0 bridgehead atoms. The van der Waals surface area contributed by atoms with Crippen LogP contribution in [0, 0.1) is 0 Å². The molecule has 2 aromatic heterocycles. The Hall–Kier alpha value is -1.55. The monoisotopic (exact) mass is 246 g/mol. The summed E-state index contributed by atoms with van der Waals surface area (Å²) in [5.41, 5.74) is 3.76. The predicted molar refractivity (Wildman–Crippen MR) is 73.6 cm³/mol. The molecule has 1 N–H and O–H groups in total. The van der Waals surface area contributed by atoms with Crippen molar-refractivity contribution in [3.8, 4) is 0 Å². The van der Waals surface area contributed by atoms with E-state index in [2.05, 4.69) is 57.9 Å². The van der Waals surface area contributed by atoms with Crippen molar-refractivity contribution < 1.29 is 0 Å². The molecule has 0 saturated heterocycles. The van der Waals surface area contributed by atoms with Crippen LogP contribution in [0.5, 0.6) is 0 Å². The fourth-order valence-corrected chi connectivity index (χ4v) is 2.21. The molecule has 98 valence electrons. The third-order valence-electron chi connectivity index (χ3n) is 3.19. The number of rotatable bonds is 6. The highest BCUT2D eigenvalue weighted by Gasteiger charge is 2.07. The Morgan fingerprint density at radius 3 is 2.78 bits per heavy atom. The highest BCUT2D eigenvalue weighted by Crippen LogP contribution is 2.10. The number of hydrogen-bond acceptors (Lipinski definition) is 2. The molecular weight excluding hydrogens is 224 g/mol. The Bertz CT molecular complexity index is 496. The smallest absolute Gasteiger partial charge is 0.0642 e. The van der Waals surface area contributed by atoms with Crippen molar-refractivity contribution in [2.24, 2.45) is 0 Å². The van der Waals surface area contributed by atoms with Gasteiger partial charge in [0.25, 0.3) is 0 Å². The van der Waals surface area contributed by atoms with Gasteiger partial charge in [-0.05, 0) is 38.6 Å². The van der Waals surface area contributed by atoms with Gasteiger partial charge in [-0.25, -0.2) is 0 Å². The van der Waals surface area contributed by atoms with Gasteiger partial charge in [-0.15, -0.1) is 0 Å². The van der Waals surface area contributed by atoms with E-state index in [1.165, 1.54) is 17.1 Å². The van der Waals surface area contributed by atoms with Crippen molar-refractivity contribution in [3.63, 3.8) is 0 Å². The van der Waals surface area contributed by atoms with Gasteiger partial charge in [-0.1, -0.05) is 6.92 Å². The summed E-state index contributed by atoms with van der Waals surface area (Å²) in [5, 5.41) is 7.79. The molecule has 0 aromatic carbocycles. The number of nitrogens with zero attached hydrogens (tertiary/aromatic N) is 3. The lowest BCUT2D eigenvalue weighted by atomic mass is 10.3. The molecule has 2 heterocycles. The van der Waals surface area contributed by atoms with Gasteiger partial charge in [0.15, 0.2) is 0 Å². The summed E-state index contributed by atoms with van der Waals surface area (Å²) in [4.78, 5) is 0. The first-order chi connectivity index (χ1) is 8.78. The lowest BCUT2D eigenvalue weighted by molar-refractivity contribution is 0.585. The minimum atomic E-state index is 0.894. The van der Waals surface area contributed by atoms with Crippen molar-refractivity contribution in [2.75, 3.05) is 7.05 Å². The van der Waals surface area contributed by atoms with E-state index in [-0.39, 0.29) is 0 Å². The maximum Gasteiger partial charge on any atom is 0.0642 e. The van der Waals surface area contributed by atoms with Crippen molar-refractivity contribution >= 4 is 0 Å². The molecule has 18 heavy (non-hydrogen) atoms. The van der Waals surface area contributed by atoms with Crippen LogP contribution in [0.2, 0.25) is 0 Å². The molecule has 2 rings (SSSR count). The Kier molecular flexibility index (Phi) is 4.20. The average Bonchev–Trinajstić information content (AvgIpc) is 2.97. The lowest BCUT2D eigenvalue weighted by Crippen LogP contribution is -2.13. The highest BCUT2D eigenvalue weighted by molar-refractivity contribution is 5.14. The topological polar surface area (TPSA) is 34.8 Å². The molecule has 0 amide bonds. The number of nitrogens with one attached hydrogen (secondary N) is 1. The van der Waals surface area contributed by atoms with Gasteiger partial charge in [0.1, 0.15) is 0 Å². The second-order valence-electron chi connectivity index (χ2n) is 4.45. The van der Waals surface area contributed by atoms with Crippen LogP contribution in [0.1, 0.15) is 30.9 Å². The molecule has 0 spiro atoms. The van der Waals surface area contributed by atoms with Crippen molar-refractivity contribution in [1.29, 1.82) is 0 Å². The Balaban J connectivity index is 2.22. The van der Waals surface area contributed by atoms with E-state index >= 15 is 0 Å². The first kappa shape index (κ1) is 12.9. The molecule has 0 aliphatic rings. The minimum absolute atomic E-state index is 0.894. The molecule has 0 aliphatic carbocycles. The molecule has 0 saturated carbocycles. The summed E-state index contributed by atoms with van der Waals surface area (Å²) < 4.78 is 4.38. The molecule has 4 nitrogen and oxygen atoms in total. The minimum Gasteiger partial charge on any atom is -0.344 e. The van der Waals surface area contributed by atoms with Crippen LogP contribution < -0.4 is 5.32 Å². The van der Waals surface area contributed by atoms with Crippen molar-refractivity contribution in [3.05, 3.63) is 41.5 Å². The van der Waals surface area contributed by atoms with E-state index in [0.29, 0.717) is 0 Å². The van der Waals surface area contributed by atoms with Crippen LogP contribution in [0.15, 0.2) is 24.4 Å². The third-order valence-corrected chi connectivity index (χ3v) is 3.19. The zero-order chi connectivity index (χ0) is 13.0. The lowest BCUT2D eigenvalue weighted by Gasteiger charge is -2.10. The standard InChI is InChI=1S/C14H22N4/c1-4-12-9-14(18(5-2)16-12)11-17-8-6-7-13(17)10-15-3/h6-9,15H,4-5,10-11H2,1-3H3. The van der Waals surface area contributed by atoms with Crippen LogP contribution in [0.4, 0.5) is 0 Å². The van der Waals surface area contributed by atoms with Gasteiger partial charge in [0.05, 0.1) is 17.9 Å². The summed E-state index contributed by atoms with van der Waals surface area (Å²) in [6.45, 7) is 7.00. The number of aryl methyl sites for hydroxylation is 2. The second-order valence-corrected chi connectivity index (χ2v) is 4.45. The maximum atomic E-state index is 4.59. The highest BCUT2D eigenvalue weighted by atomic mass is 15.3. The van der Waals surface area contributed by atoms with Crippen LogP contribution >= 0.6 is 0 Å². The largest absolute Gasteiger partial charge is 0.344 e. The fourth-order valence-electron chi connectivity index (χ4n) is 2.21. The van der Waals surface area contributed by atoms with E-state index in [4.69, 9.17) is 0 Å². The predicted octanol–water partition coefficient (Wildman–Crippen LogP) is 2.03. The Morgan fingerprint density at radius 2 is 2.11 bits per heavy atom. The van der Waals surface area contributed by atoms with Gasteiger partial charge in [0, 0.05) is 25.0 Å². The summed E-state index contributed by atoms with van der Waals surface area (Å²) in [6.07, 6.45) is 3.13. The molecule has 4 heteroatoms. The van der Waals surface area contributed by atoms with E-state index in [1.807, 2.05) is 7.05 Å². The maximum absolute atomic E-state index is 4.59. The summed E-state index contributed by atoms with van der Waals surface area (Å²) in [5.74, 6) is 0. The van der Waals surface area contributed by atoms with E-state index in [9.17, 15) is 0 Å². The Morgan fingerprint density at radius 1 is 1.28 bits per heavy atom. The normalized spacial score (nSPS) is 11.1. The molecule has 2 aromatic rings. The third kappa shape index (κ3) is 2.64. The summed E-state index contributed by atoms with van der Waals surface area (Å²) >= 11 is 0. The number of hydrogen-bond donors (Lipinski definition) is 1. The van der Waals surface area contributed by atoms with Gasteiger partial charge < -0.3 is 9.88 Å². The zero-order valence-corrected chi connectivity index (χ0v) is 11.5. The summed E-state index contributed by atoms with van der Waals surface area (Å²) in [6, 6.07) is 6.47. The molecular formula is C14H22N4. The first-order valence-corrected chi connectivity index (χ1v) is 6.62. The fraction of sp³-hybridized carbons (Fsp3) is 0.500. The first-order valence-electron chi connectivity index (χ1n) is 6.62. The van der Waals surface area contributed by atoms with Gasteiger partial charge >= 0.3 is 0 Å². The molecule has 0 unspecified atom stereocenters. The molecule has 0 radical (unpaired) electrons. The van der Waals surface area contributed by atoms with Crippen molar-refractivity contribution in [2.45, 2.75) is 39.9 Å². The zero-order valence-electron chi connectivity index (χ0n) is 11.5. The van der Waals surface area contributed by atoms with Crippen LogP contribution in [0.3, 0.4) is 0 Å². The second kappa shape index (κ2) is 5.87. The van der Waals surface area contributed by atoms with Gasteiger partial charge in [-0.2, -0.15) is 5.10 Å². The number of aromatic nitrogens is 3. The van der Waals surface area contributed by atoms with E-state index < -0.39 is 0 Å². The molecule has 0 fully saturated rings. The SMILES string of the molecule is CCc1cc(Cn2cccc2CNC)n(CC)n1. The van der Waals surface area contributed by atoms with Crippen LogP contribution in [-0.2, 0) is 26.1 Å². The molecule has 0 aliphatic heterocycles. The van der Waals surface area contributed by atoms with Crippen molar-refractivity contribution in [1.82, 2.24) is 19.7 Å². The Labute approximate surface area is 109 Å². The quantitative estimate of drug-likeness (QED) is 0.846.